The third kappa shape index (κ3) is 2.84. The summed E-state index contributed by atoms with van der Waals surface area (Å²) in [6.07, 6.45) is 2.32. The van der Waals surface area contributed by atoms with E-state index in [1.54, 1.807) is 0 Å². The van der Waals surface area contributed by atoms with Gasteiger partial charge in [-0.05, 0) is 47.0 Å². The number of benzene rings is 1. The van der Waals surface area contributed by atoms with E-state index >= 15 is 0 Å². The number of nitrogens with one attached hydrogen (secondary N) is 1. The van der Waals surface area contributed by atoms with Crippen LogP contribution in [0.25, 0.3) is 0 Å². The molecule has 0 radical (unpaired) electrons. The Morgan fingerprint density at radius 2 is 2.11 bits per heavy atom. The van der Waals surface area contributed by atoms with Crippen LogP contribution in [0.3, 0.4) is 0 Å². The lowest BCUT2D eigenvalue weighted by molar-refractivity contribution is 0.277. The number of halogens is 2. The zero-order chi connectivity index (χ0) is 13.2. The summed E-state index contributed by atoms with van der Waals surface area (Å²) < 4.78 is 1.08. The molecular formula is C14H20BrClN2. The highest BCUT2D eigenvalue weighted by Crippen LogP contribution is 2.32. The van der Waals surface area contributed by atoms with Crippen LogP contribution in [0, 0.1) is 0 Å². The maximum atomic E-state index is 6.01. The number of rotatable bonds is 3. The predicted octanol–water partition coefficient (Wildman–Crippen LogP) is 4.07. The minimum atomic E-state index is 0.247. The minimum absolute atomic E-state index is 0.247. The summed E-state index contributed by atoms with van der Waals surface area (Å²) in [6, 6.07) is 6.04. The van der Waals surface area contributed by atoms with Crippen LogP contribution in [0.1, 0.15) is 26.7 Å². The van der Waals surface area contributed by atoms with Gasteiger partial charge in [-0.1, -0.05) is 25.4 Å². The number of anilines is 1. The Balaban J connectivity index is 2.23. The molecule has 0 atom stereocenters. The van der Waals surface area contributed by atoms with Gasteiger partial charge in [-0.15, -0.1) is 0 Å². The van der Waals surface area contributed by atoms with Crippen LogP contribution in [0.2, 0.25) is 5.02 Å². The summed E-state index contributed by atoms with van der Waals surface area (Å²) in [4.78, 5) is 2.45. The molecule has 100 valence electrons. The molecule has 1 aliphatic rings. The zero-order valence-electron chi connectivity index (χ0n) is 11.0. The van der Waals surface area contributed by atoms with Crippen LogP contribution in [0.15, 0.2) is 22.7 Å². The minimum Gasteiger partial charge on any atom is -0.367 e. The lowest BCUT2D eigenvalue weighted by Crippen LogP contribution is -2.60. The van der Waals surface area contributed by atoms with Crippen molar-refractivity contribution in [2.75, 3.05) is 24.5 Å². The highest BCUT2D eigenvalue weighted by molar-refractivity contribution is 9.10. The monoisotopic (exact) mass is 330 g/mol. The van der Waals surface area contributed by atoms with Crippen molar-refractivity contribution >= 4 is 33.2 Å². The SMILES string of the molecule is CCC1(CC)CN(c2ccc(Cl)cc2Br)CCN1. The fourth-order valence-corrected chi connectivity index (χ4v) is 3.56. The van der Waals surface area contributed by atoms with Crippen molar-refractivity contribution in [2.45, 2.75) is 32.2 Å². The second-order valence-electron chi connectivity index (χ2n) is 4.93. The summed E-state index contributed by atoms with van der Waals surface area (Å²) in [7, 11) is 0. The van der Waals surface area contributed by atoms with Crippen LogP contribution in [0.5, 0.6) is 0 Å². The zero-order valence-corrected chi connectivity index (χ0v) is 13.3. The van der Waals surface area contributed by atoms with E-state index in [2.05, 4.69) is 46.1 Å². The summed E-state index contributed by atoms with van der Waals surface area (Å²) in [5.74, 6) is 0. The second kappa shape index (κ2) is 5.81. The fourth-order valence-electron chi connectivity index (χ4n) is 2.62. The van der Waals surface area contributed by atoms with Crippen LogP contribution >= 0.6 is 27.5 Å². The quantitative estimate of drug-likeness (QED) is 0.898. The molecule has 1 N–H and O–H groups in total. The van der Waals surface area contributed by atoms with E-state index in [1.165, 1.54) is 5.69 Å². The van der Waals surface area contributed by atoms with Gasteiger partial charge in [0, 0.05) is 34.7 Å². The van der Waals surface area contributed by atoms with E-state index in [9.17, 15) is 0 Å². The maximum Gasteiger partial charge on any atom is 0.0512 e. The Labute approximate surface area is 123 Å². The summed E-state index contributed by atoms with van der Waals surface area (Å²) >= 11 is 9.62. The lowest BCUT2D eigenvalue weighted by atomic mass is 9.90. The summed E-state index contributed by atoms with van der Waals surface area (Å²) in [5.41, 5.74) is 1.49. The first-order valence-electron chi connectivity index (χ1n) is 6.55. The Morgan fingerprint density at radius 1 is 1.39 bits per heavy atom. The first-order chi connectivity index (χ1) is 8.60. The fraction of sp³-hybridized carbons (Fsp3) is 0.571. The van der Waals surface area contributed by atoms with Gasteiger partial charge in [0.25, 0.3) is 0 Å². The van der Waals surface area contributed by atoms with Gasteiger partial charge in [-0.25, -0.2) is 0 Å². The molecule has 1 aromatic carbocycles. The Bertz CT molecular complexity index is 418. The molecule has 0 spiro atoms. The number of piperazine rings is 1. The van der Waals surface area contributed by atoms with Crippen molar-refractivity contribution in [1.82, 2.24) is 5.32 Å². The standard InChI is InChI=1S/C14H20BrClN2/c1-3-14(4-2)10-18(8-7-17-14)13-6-5-11(16)9-12(13)15/h5-6,9,17H,3-4,7-8,10H2,1-2H3. The van der Waals surface area contributed by atoms with E-state index in [-0.39, 0.29) is 5.54 Å². The summed E-state index contributed by atoms with van der Waals surface area (Å²) in [5, 5.41) is 4.46. The molecule has 0 saturated carbocycles. The number of hydrogen-bond acceptors (Lipinski definition) is 2. The number of nitrogens with zero attached hydrogens (tertiary/aromatic N) is 1. The first-order valence-corrected chi connectivity index (χ1v) is 7.72. The average molecular weight is 332 g/mol. The van der Waals surface area contributed by atoms with Gasteiger partial charge >= 0.3 is 0 Å². The van der Waals surface area contributed by atoms with Gasteiger partial charge in [0.2, 0.25) is 0 Å². The molecule has 0 aromatic heterocycles. The molecule has 0 bridgehead atoms. The molecule has 2 rings (SSSR count). The Morgan fingerprint density at radius 3 is 2.72 bits per heavy atom. The largest absolute Gasteiger partial charge is 0.367 e. The van der Waals surface area contributed by atoms with Gasteiger partial charge in [-0.2, -0.15) is 0 Å². The van der Waals surface area contributed by atoms with Gasteiger partial charge in [0.15, 0.2) is 0 Å². The van der Waals surface area contributed by atoms with Crippen molar-refractivity contribution < 1.29 is 0 Å². The van der Waals surface area contributed by atoms with Gasteiger partial charge in [0.05, 0.1) is 5.69 Å². The van der Waals surface area contributed by atoms with Crippen LogP contribution in [-0.2, 0) is 0 Å². The van der Waals surface area contributed by atoms with Crippen molar-refractivity contribution in [3.8, 4) is 0 Å². The molecule has 0 amide bonds. The van der Waals surface area contributed by atoms with Crippen molar-refractivity contribution in [3.05, 3.63) is 27.7 Å². The Hall–Kier alpha value is -0.250. The average Bonchev–Trinajstić information content (AvgIpc) is 2.38. The molecule has 4 heteroatoms. The van der Waals surface area contributed by atoms with Crippen molar-refractivity contribution in [1.29, 1.82) is 0 Å². The van der Waals surface area contributed by atoms with E-state index in [4.69, 9.17) is 11.6 Å². The molecule has 1 aromatic rings. The number of hydrogen-bond donors (Lipinski definition) is 1. The maximum absolute atomic E-state index is 6.01. The van der Waals surface area contributed by atoms with Crippen LogP contribution < -0.4 is 10.2 Å². The van der Waals surface area contributed by atoms with E-state index in [1.807, 2.05) is 12.1 Å². The highest BCUT2D eigenvalue weighted by Gasteiger charge is 2.32. The third-order valence-corrected chi connectivity index (χ3v) is 4.85. The summed E-state index contributed by atoms with van der Waals surface area (Å²) in [6.45, 7) is 7.66. The topological polar surface area (TPSA) is 15.3 Å². The normalized spacial score (nSPS) is 19.0. The molecule has 1 heterocycles. The molecule has 1 fully saturated rings. The second-order valence-corrected chi connectivity index (χ2v) is 6.22. The Kier molecular flexibility index (Phi) is 4.57. The molecule has 1 aliphatic heterocycles. The van der Waals surface area contributed by atoms with Gasteiger partial charge in [-0.3, -0.25) is 0 Å². The van der Waals surface area contributed by atoms with Gasteiger partial charge in [0.1, 0.15) is 0 Å². The predicted molar refractivity (Wildman–Crippen MR) is 82.7 cm³/mol. The first kappa shape index (κ1) is 14.2. The molecule has 18 heavy (non-hydrogen) atoms. The van der Waals surface area contributed by atoms with E-state index in [0.717, 1.165) is 42.0 Å². The molecule has 0 aliphatic carbocycles. The third-order valence-electron chi connectivity index (χ3n) is 3.98. The lowest BCUT2D eigenvalue weighted by Gasteiger charge is -2.44. The molecular weight excluding hydrogens is 312 g/mol. The highest BCUT2D eigenvalue weighted by atomic mass is 79.9. The molecule has 2 nitrogen and oxygen atoms in total. The van der Waals surface area contributed by atoms with Crippen molar-refractivity contribution in [3.63, 3.8) is 0 Å². The van der Waals surface area contributed by atoms with E-state index < -0.39 is 0 Å². The smallest absolute Gasteiger partial charge is 0.0512 e. The molecule has 1 saturated heterocycles. The molecule has 0 unspecified atom stereocenters. The van der Waals surface area contributed by atoms with Crippen LogP contribution in [-0.4, -0.2) is 25.2 Å². The van der Waals surface area contributed by atoms with Crippen LogP contribution in [0.4, 0.5) is 5.69 Å². The van der Waals surface area contributed by atoms with E-state index in [0.29, 0.717) is 0 Å². The van der Waals surface area contributed by atoms with Gasteiger partial charge < -0.3 is 10.2 Å². The van der Waals surface area contributed by atoms with Crippen molar-refractivity contribution in [2.24, 2.45) is 0 Å².